The lowest BCUT2D eigenvalue weighted by molar-refractivity contribution is 0.153. The molecule has 1 aromatic heterocycles. The third-order valence-electron chi connectivity index (χ3n) is 3.06. The molecule has 19 heavy (non-hydrogen) atoms. The summed E-state index contributed by atoms with van der Waals surface area (Å²) in [7, 11) is -3.52. The lowest BCUT2D eigenvalue weighted by Crippen LogP contribution is -2.27. The second kappa shape index (κ2) is 6.04. The van der Waals surface area contributed by atoms with Crippen LogP contribution in [0.3, 0.4) is 0 Å². The molecule has 0 atom stereocenters. The molecule has 0 bridgehead atoms. The van der Waals surface area contributed by atoms with E-state index >= 15 is 0 Å². The highest BCUT2D eigenvalue weighted by atomic mass is 32.2. The molecule has 0 amide bonds. The highest BCUT2D eigenvalue weighted by Crippen LogP contribution is 2.37. The van der Waals surface area contributed by atoms with Gasteiger partial charge in [0.05, 0.1) is 18.1 Å². The molecule has 0 aliphatic heterocycles. The Morgan fingerprint density at radius 2 is 2.26 bits per heavy atom. The van der Waals surface area contributed by atoms with Gasteiger partial charge in [0.15, 0.2) is 0 Å². The maximum Gasteiger partial charge on any atom is 0.242 e. The van der Waals surface area contributed by atoms with E-state index in [9.17, 15) is 13.5 Å². The molecule has 1 heterocycles. The van der Waals surface area contributed by atoms with Crippen LogP contribution in [0.15, 0.2) is 17.2 Å². The zero-order chi connectivity index (χ0) is 13.9. The molecular formula is C12H20N2O4S. The van der Waals surface area contributed by atoms with Crippen LogP contribution in [0.5, 0.6) is 0 Å². The number of ether oxygens (including phenoxy) is 1. The van der Waals surface area contributed by atoms with Crippen LogP contribution in [0.25, 0.3) is 0 Å². The van der Waals surface area contributed by atoms with Crippen molar-refractivity contribution in [2.24, 2.45) is 0 Å². The fourth-order valence-electron chi connectivity index (χ4n) is 1.94. The molecule has 1 aromatic rings. The Kier molecular flexibility index (Phi) is 4.62. The molecule has 0 saturated heterocycles. The number of rotatable bonds is 8. The minimum Gasteiger partial charge on any atom is -0.390 e. The highest BCUT2D eigenvalue weighted by molar-refractivity contribution is 7.89. The van der Waals surface area contributed by atoms with Gasteiger partial charge in [-0.05, 0) is 25.8 Å². The van der Waals surface area contributed by atoms with E-state index in [0.29, 0.717) is 24.9 Å². The Morgan fingerprint density at radius 3 is 2.84 bits per heavy atom. The van der Waals surface area contributed by atoms with Gasteiger partial charge >= 0.3 is 0 Å². The van der Waals surface area contributed by atoms with Crippen molar-refractivity contribution in [1.29, 1.82) is 0 Å². The monoisotopic (exact) mass is 288 g/mol. The van der Waals surface area contributed by atoms with E-state index in [1.54, 1.807) is 6.20 Å². The first-order chi connectivity index (χ1) is 9.08. The van der Waals surface area contributed by atoms with Crippen LogP contribution in [0, 0.1) is 0 Å². The summed E-state index contributed by atoms with van der Waals surface area (Å²) < 4.78 is 33.6. The van der Waals surface area contributed by atoms with E-state index in [-0.39, 0.29) is 18.0 Å². The maximum atomic E-state index is 12.1. The zero-order valence-corrected chi connectivity index (χ0v) is 11.8. The smallest absolute Gasteiger partial charge is 0.242 e. The van der Waals surface area contributed by atoms with E-state index in [2.05, 4.69) is 4.72 Å². The Morgan fingerprint density at radius 1 is 1.53 bits per heavy atom. The van der Waals surface area contributed by atoms with Crippen LogP contribution in [0.4, 0.5) is 0 Å². The van der Waals surface area contributed by atoms with Crippen molar-refractivity contribution in [3.8, 4) is 0 Å². The van der Waals surface area contributed by atoms with E-state index in [4.69, 9.17) is 4.74 Å². The van der Waals surface area contributed by atoms with Crippen molar-refractivity contribution in [2.45, 2.75) is 37.3 Å². The van der Waals surface area contributed by atoms with Crippen LogP contribution >= 0.6 is 0 Å². The van der Waals surface area contributed by atoms with Crippen molar-refractivity contribution < 1.29 is 18.3 Å². The first kappa shape index (κ1) is 14.5. The normalized spacial score (nSPS) is 15.9. The summed E-state index contributed by atoms with van der Waals surface area (Å²) in [6.45, 7) is 2.88. The number of nitrogens with zero attached hydrogens (tertiary/aromatic N) is 1. The molecule has 2 N–H and O–H groups in total. The van der Waals surface area contributed by atoms with Crippen molar-refractivity contribution >= 4 is 10.0 Å². The number of aromatic nitrogens is 1. The summed E-state index contributed by atoms with van der Waals surface area (Å²) in [5, 5.41) is 9.26. The second-order valence-corrected chi connectivity index (χ2v) is 6.33. The fraction of sp³-hybridized carbons (Fsp3) is 0.667. The van der Waals surface area contributed by atoms with Crippen LogP contribution in [-0.2, 0) is 21.4 Å². The molecule has 1 fully saturated rings. The molecule has 1 aliphatic carbocycles. The predicted molar refractivity (Wildman–Crippen MR) is 70.3 cm³/mol. The van der Waals surface area contributed by atoms with E-state index in [1.807, 2.05) is 11.5 Å². The van der Waals surface area contributed by atoms with Gasteiger partial charge in [-0.3, -0.25) is 0 Å². The summed E-state index contributed by atoms with van der Waals surface area (Å²) in [5.74, 6) is 0. The number of hydrogen-bond donors (Lipinski definition) is 2. The van der Waals surface area contributed by atoms with Crippen molar-refractivity contribution in [1.82, 2.24) is 9.29 Å². The van der Waals surface area contributed by atoms with Crippen molar-refractivity contribution in [3.63, 3.8) is 0 Å². The van der Waals surface area contributed by atoms with E-state index in [1.165, 1.54) is 6.07 Å². The van der Waals surface area contributed by atoms with Gasteiger partial charge in [0.1, 0.15) is 0 Å². The second-order valence-electron chi connectivity index (χ2n) is 4.56. The van der Waals surface area contributed by atoms with Gasteiger partial charge in [-0.2, -0.15) is 0 Å². The number of sulfonamides is 1. The molecule has 1 saturated carbocycles. The van der Waals surface area contributed by atoms with Gasteiger partial charge < -0.3 is 14.4 Å². The van der Waals surface area contributed by atoms with Gasteiger partial charge in [0.2, 0.25) is 10.0 Å². The van der Waals surface area contributed by atoms with Crippen molar-refractivity contribution in [3.05, 3.63) is 18.0 Å². The predicted octanol–water partition coefficient (Wildman–Crippen LogP) is 0.630. The standard InChI is InChI=1S/C12H20N2O4S/c1-2-18-6-5-13-19(16,17)12-7-11(9-15)14(8-12)10-3-4-10/h7-8,10,13,15H,2-6,9H2,1H3. The largest absolute Gasteiger partial charge is 0.390 e. The zero-order valence-electron chi connectivity index (χ0n) is 11.0. The Balaban J connectivity index is 2.07. The first-order valence-corrected chi connectivity index (χ1v) is 7.96. The van der Waals surface area contributed by atoms with E-state index in [0.717, 1.165) is 12.8 Å². The lowest BCUT2D eigenvalue weighted by atomic mass is 10.4. The number of aliphatic hydroxyl groups is 1. The van der Waals surface area contributed by atoms with Crippen molar-refractivity contribution in [2.75, 3.05) is 19.8 Å². The number of aliphatic hydroxyl groups excluding tert-OH is 1. The topological polar surface area (TPSA) is 80.6 Å². The van der Waals surface area contributed by atoms with Gasteiger partial charge in [0, 0.05) is 31.1 Å². The van der Waals surface area contributed by atoms with Crippen LogP contribution in [0.1, 0.15) is 31.5 Å². The van der Waals surface area contributed by atoms with Gasteiger partial charge in [0.25, 0.3) is 0 Å². The Hall–Kier alpha value is -0.890. The average molecular weight is 288 g/mol. The Labute approximate surface area is 113 Å². The third kappa shape index (κ3) is 3.56. The van der Waals surface area contributed by atoms with Crippen LogP contribution in [-0.4, -0.2) is 37.8 Å². The fourth-order valence-corrected chi connectivity index (χ4v) is 3.00. The maximum absolute atomic E-state index is 12.1. The Bertz CT molecular complexity index is 520. The molecular weight excluding hydrogens is 268 g/mol. The minimum atomic E-state index is -3.52. The summed E-state index contributed by atoms with van der Waals surface area (Å²) in [6, 6.07) is 1.87. The SMILES string of the molecule is CCOCCNS(=O)(=O)c1cc(CO)n(C2CC2)c1. The van der Waals surface area contributed by atoms with E-state index < -0.39 is 10.0 Å². The van der Waals surface area contributed by atoms with Gasteiger partial charge in [-0.25, -0.2) is 13.1 Å². The number of hydrogen-bond acceptors (Lipinski definition) is 4. The molecule has 0 radical (unpaired) electrons. The average Bonchev–Trinajstić information content (AvgIpc) is 3.13. The summed E-state index contributed by atoms with van der Waals surface area (Å²) in [5.41, 5.74) is 0.646. The van der Waals surface area contributed by atoms with Gasteiger partial charge in [-0.15, -0.1) is 0 Å². The lowest BCUT2D eigenvalue weighted by Gasteiger charge is -2.05. The van der Waals surface area contributed by atoms with Crippen LogP contribution in [0.2, 0.25) is 0 Å². The highest BCUT2D eigenvalue weighted by Gasteiger charge is 2.27. The molecule has 0 spiro atoms. The summed E-state index contributed by atoms with van der Waals surface area (Å²) in [6.07, 6.45) is 3.68. The minimum absolute atomic E-state index is 0.148. The number of nitrogens with one attached hydrogen (secondary N) is 1. The molecule has 1 aliphatic rings. The molecule has 6 nitrogen and oxygen atoms in total. The molecule has 0 aromatic carbocycles. The molecule has 2 rings (SSSR count). The molecule has 7 heteroatoms. The van der Waals surface area contributed by atoms with Crippen LogP contribution < -0.4 is 4.72 Å². The molecule has 108 valence electrons. The summed E-state index contributed by atoms with van der Waals surface area (Å²) in [4.78, 5) is 0.208. The van der Waals surface area contributed by atoms with Gasteiger partial charge in [-0.1, -0.05) is 0 Å². The molecule has 0 unspecified atom stereocenters. The summed E-state index contributed by atoms with van der Waals surface area (Å²) >= 11 is 0. The third-order valence-corrected chi connectivity index (χ3v) is 4.49. The first-order valence-electron chi connectivity index (χ1n) is 6.47. The quantitative estimate of drug-likeness (QED) is 0.688.